The maximum absolute atomic E-state index is 12.4. The minimum absolute atomic E-state index is 0.132. The smallest absolute Gasteiger partial charge is 0.311 e. The van der Waals surface area contributed by atoms with Crippen LogP contribution in [0.1, 0.15) is 43.1 Å². The Morgan fingerprint density at radius 3 is 2.86 bits per heavy atom. The number of rotatable bonds is 4. The van der Waals surface area contributed by atoms with Gasteiger partial charge >= 0.3 is 5.97 Å². The van der Waals surface area contributed by atoms with Gasteiger partial charge in [-0.15, -0.1) is 0 Å². The van der Waals surface area contributed by atoms with Crippen LogP contribution in [0.15, 0.2) is 17.2 Å². The van der Waals surface area contributed by atoms with Gasteiger partial charge in [-0.25, -0.2) is 4.98 Å². The number of likely N-dealkylation sites (tertiary alicyclic amines) is 1. The third-order valence-electron chi connectivity index (χ3n) is 3.94. The van der Waals surface area contributed by atoms with Crippen molar-refractivity contribution in [2.45, 2.75) is 32.6 Å². The number of nitrogens with one attached hydrogen (secondary N) is 1. The highest BCUT2D eigenvalue weighted by Gasteiger charge is 2.43. The summed E-state index contributed by atoms with van der Waals surface area (Å²) < 4.78 is 0. The highest BCUT2D eigenvalue weighted by molar-refractivity contribution is 5.92. The molecule has 0 spiro atoms. The van der Waals surface area contributed by atoms with E-state index in [-0.39, 0.29) is 23.7 Å². The van der Waals surface area contributed by atoms with Crippen molar-refractivity contribution in [3.63, 3.8) is 0 Å². The fourth-order valence-electron chi connectivity index (χ4n) is 2.89. The van der Waals surface area contributed by atoms with E-state index in [1.165, 1.54) is 11.1 Å². The van der Waals surface area contributed by atoms with Crippen LogP contribution in [-0.2, 0) is 4.79 Å². The number of carboxylic acids is 1. The number of amides is 1. The molecule has 2 heterocycles. The summed E-state index contributed by atoms with van der Waals surface area (Å²) in [5.41, 5.74) is -1.12. The van der Waals surface area contributed by atoms with E-state index in [1.54, 1.807) is 0 Å². The van der Waals surface area contributed by atoms with Crippen molar-refractivity contribution < 1.29 is 14.7 Å². The summed E-state index contributed by atoms with van der Waals surface area (Å²) in [6.45, 7) is 2.64. The van der Waals surface area contributed by atoms with Gasteiger partial charge in [0.05, 0.1) is 11.6 Å². The normalized spacial score (nSPS) is 22.0. The summed E-state index contributed by atoms with van der Waals surface area (Å²) in [6, 6.07) is 0. The van der Waals surface area contributed by atoms with E-state index in [4.69, 9.17) is 0 Å². The molecule has 114 valence electrons. The van der Waals surface area contributed by atoms with Crippen molar-refractivity contribution in [3.05, 3.63) is 28.4 Å². The fraction of sp³-hybridized carbons (Fsp3) is 0.571. The Hall–Kier alpha value is -2.18. The van der Waals surface area contributed by atoms with Gasteiger partial charge in [-0.3, -0.25) is 14.4 Å². The van der Waals surface area contributed by atoms with E-state index >= 15 is 0 Å². The van der Waals surface area contributed by atoms with E-state index in [0.717, 1.165) is 12.6 Å². The van der Waals surface area contributed by atoms with Gasteiger partial charge in [-0.2, -0.15) is 0 Å². The third-order valence-corrected chi connectivity index (χ3v) is 3.94. The number of carbonyl (C=O) groups is 2. The average Bonchev–Trinajstić information content (AvgIpc) is 2.48. The Morgan fingerprint density at radius 1 is 1.52 bits per heavy atom. The Balaban J connectivity index is 2.20. The first-order valence-electron chi connectivity index (χ1n) is 7.06. The lowest BCUT2D eigenvalue weighted by atomic mass is 9.76. The van der Waals surface area contributed by atoms with Crippen LogP contribution in [0.5, 0.6) is 0 Å². The van der Waals surface area contributed by atoms with Gasteiger partial charge in [0.2, 0.25) is 0 Å². The van der Waals surface area contributed by atoms with Gasteiger partial charge in [0.1, 0.15) is 5.69 Å². The molecule has 1 amide bonds. The molecule has 1 unspecified atom stereocenters. The van der Waals surface area contributed by atoms with Crippen LogP contribution in [-0.4, -0.2) is 44.9 Å². The molecule has 1 aromatic rings. The Morgan fingerprint density at radius 2 is 2.29 bits per heavy atom. The molecule has 1 aliphatic rings. The summed E-state index contributed by atoms with van der Waals surface area (Å²) in [6.07, 6.45) is 4.85. The maximum Gasteiger partial charge on any atom is 0.311 e. The minimum Gasteiger partial charge on any atom is -0.481 e. The number of hydrogen-bond donors (Lipinski definition) is 2. The molecule has 0 aromatic carbocycles. The summed E-state index contributed by atoms with van der Waals surface area (Å²) in [4.78, 5) is 42.7. The molecule has 1 atom stereocenters. The summed E-state index contributed by atoms with van der Waals surface area (Å²) in [7, 11) is 0. The molecule has 2 rings (SSSR count). The maximum atomic E-state index is 12.4. The summed E-state index contributed by atoms with van der Waals surface area (Å²) in [5, 5.41) is 9.53. The minimum atomic E-state index is -0.870. The molecule has 1 fully saturated rings. The van der Waals surface area contributed by atoms with Crippen molar-refractivity contribution >= 4 is 11.9 Å². The molecule has 1 saturated heterocycles. The van der Waals surface area contributed by atoms with E-state index in [0.29, 0.717) is 25.8 Å². The molecule has 0 aliphatic carbocycles. The van der Waals surface area contributed by atoms with E-state index in [9.17, 15) is 19.5 Å². The second-order valence-electron chi connectivity index (χ2n) is 5.46. The zero-order valence-electron chi connectivity index (χ0n) is 12.0. The van der Waals surface area contributed by atoms with Gasteiger partial charge < -0.3 is 15.0 Å². The lowest BCUT2D eigenvalue weighted by molar-refractivity contribution is -0.152. The standard InChI is InChI=1S/C14H19N3O4/c1-2-4-14(13(20)21)5-3-6-17(9-14)12(19)10-7-16-11(18)8-15-10/h7-8H,2-6,9H2,1H3,(H,16,18)(H,20,21). The molecular formula is C14H19N3O4. The predicted octanol–water partition coefficient (Wildman–Crippen LogP) is 0.877. The zero-order valence-corrected chi connectivity index (χ0v) is 12.0. The Labute approximate surface area is 122 Å². The summed E-state index contributed by atoms with van der Waals surface area (Å²) >= 11 is 0. The van der Waals surface area contributed by atoms with Gasteiger partial charge in [0.25, 0.3) is 11.5 Å². The number of aliphatic carboxylic acids is 1. The lowest BCUT2D eigenvalue weighted by Gasteiger charge is -2.39. The fourth-order valence-corrected chi connectivity index (χ4v) is 2.89. The van der Waals surface area contributed by atoms with Crippen LogP contribution in [0.2, 0.25) is 0 Å². The quantitative estimate of drug-likeness (QED) is 0.857. The second kappa shape index (κ2) is 6.07. The number of carbonyl (C=O) groups excluding carboxylic acids is 1. The van der Waals surface area contributed by atoms with Crippen LogP contribution < -0.4 is 5.56 Å². The largest absolute Gasteiger partial charge is 0.481 e. The highest BCUT2D eigenvalue weighted by Crippen LogP contribution is 2.35. The molecule has 1 aliphatic heterocycles. The summed E-state index contributed by atoms with van der Waals surface area (Å²) in [5.74, 6) is -1.19. The van der Waals surface area contributed by atoms with Gasteiger partial charge in [0.15, 0.2) is 0 Å². The predicted molar refractivity (Wildman–Crippen MR) is 75.0 cm³/mol. The second-order valence-corrected chi connectivity index (χ2v) is 5.46. The number of nitrogens with zero attached hydrogens (tertiary/aromatic N) is 2. The molecule has 7 nitrogen and oxygen atoms in total. The number of H-pyrrole nitrogens is 1. The Bertz CT molecular complexity index is 574. The average molecular weight is 293 g/mol. The van der Waals surface area contributed by atoms with E-state index in [1.807, 2.05) is 6.92 Å². The molecular weight excluding hydrogens is 274 g/mol. The lowest BCUT2D eigenvalue weighted by Crippen LogP contribution is -2.50. The number of aromatic amines is 1. The first-order chi connectivity index (χ1) is 9.98. The van der Waals surface area contributed by atoms with E-state index in [2.05, 4.69) is 9.97 Å². The number of hydrogen-bond acceptors (Lipinski definition) is 4. The molecule has 0 saturated carbocycles. The van der Waals surface area contributed by atoms with Crippen molar-refractivity contribution in [1.29, 1.82) is 0 Å². The van der Waals surface area contributed by atoms with Crippen LogP contribution in [0.25, 0.3) is 0 Å². The monoisotopic (exact) mass is 293 g/mol. The molecule has 2 N–H and O–H groups in total. The number of piperidine rings is 1. The highest BCUT2D eigenvalue weighted by atomic mass is 16.4. The number of aromatic nitrogens is 2. The first-order valence-corrected chi connectivity index (χ1v) is 7.06. The van der Waals surface area contributed by atoms with Crippen LogP contribution in [0, 0.1) is 5.41 Å². The molecule has 21 heavy (non-hydrogen) atoms. The molecule has 1 aromatic heterocycles. The Kier molecular flexibility index (Phi) is 4.40. The molecule has 7 heteroatoms. The van der Waals surface area contributed by atoms with Crippen molar-refractivity contribution in [2.75, 3.05) is 13.1 Å². The zero-order chi connectivity index (χ0) is 15.5. The van der Waals surface area contributed by atoms with Crippen LogP contribution in [0.3, 0.4) is 0 Å². The first kappa shape index (κ1) is 15.2. The molecule has 0 radical (unpaired) electrons. The topological polar surface area (TPSA) is 103 Å². The van der Waals surface area contributed by atoms with Gasteiger partial charge in [-0.05, 0) is 19.3 Å². The van der Waals surface area contributed by atoms with Crippen molar-refractivity contribution in [1.82, 2.24) is 14.9 Å². The van der Waals surface area contributed by atoms with Crippen LogP contribution >= 0.6 is 0 Å². The van der Waals surface area contributed by atoms with Gasteiger partial charge in [0, 0.05) is 19.3 Å². The van der Waals surface area contributed by atoms with Crippen molar-refractivity contribution in [3.8, 4) is 0 Å². The third kappa shape index (κ3) is 3.12. The van der Waals surface area contributed by atoms with Gasteiger partial charge in [-0.1, -0.05) is 13.3 Å². The van der Waals surface area contributed by atoms with Crippen LogP contribution in [0.4, 0.5) is 0 Å². The van der Waals surface area contributed by atoms with E-state index < -0.39 is 11.4 Å². The molecule has 0 bridgehead atoms. The SMILES string of the molecule is CCCC1(C(=O)O)CCCN(C(=O)c2c[nH]c(=O)cn2)C1. The number of carboxylic acid groups (broad SMARTS) is 1. The van der Waals surface area contributed by atoms with Crippen molar-refractivity contribution in [2.24, 2.45) is 5.41 Å².